The largest absolute Gasteiger partial charge is 0.416 e. The van der Waals surface area contributed by atoms with Gasteiger partial charge in [-0.3, -0.25) is 0 Å². The van der Waals surface area contributed by atoms with E-state index in [1.807, 2.05) is 13.8 Å². The molecule has 1 aromatic rings. The van der Waals surface area contributed by atoms with Crippen LogP contribution >= 0.6 is 0 Å². The fraction of sp³-hybridized carbons (Fsp3) is 0.625. The Kier molecular flexibility index (Phi) is 5.27. The van der Waals surface area contributed by atoms with Crippen molar-refractivity contribution in [3.63, 3.8) is 0 Å². The summed E-state index contributed by atoms with van der Waals surface area (Å²) in [5, 5.41) is 3.38. The van der Waals surface area contributed by atoms with E-state index in [2.05, 4.69) is 5.32 Å². The monoisotopic (exact) mass is 301 g/mol. The minimum atomic E-state index is -4.30. The highest BCUT2D eigenvalue weighted by molar-refractivity contribution is 5.28. The first-order valence-corrected chi connectivity index (χ1v) is 7.44. The van der Waals surface area contributed by atoms with Gasteiger partial charge in [0.25, 0.3) is 0 Å². The number of halogens is 3. The highest BCUT2D eigenvalue weighted by Crippen LogP contribution is 2.35. The van der Waals surface area contributed by atoms with E-state index in [1.54, 1.807) is 6.07 Å². The third kappa shape index (κ3) is 4.20. The van der Waals surface area contributed by atoms with Gasteiger partial charge in [0.15, 0.2) is 0 Å². The number of hydrogen-bond donors (Lipinski definition) is 1. The van der Waals surface area contributed by atoms with Crippen LogP contribution in [0, 0.1) is 5.92 Å². The van der Waals surface area contributed by atoms with Gasteiger partial charge in [-0.15, -0.1) is 0 Å². The molecule has 118 valence electrons. The molecule has 1 aromatic carbocycles. The molecule has 0 saturated carbocycles. The molecule has 1 N–H and O–H groups in total. The van der Waals surface area contributed by atoms with Gasteiger partial charge in [-0.05, 0) is 44.0 Å². The molecule has 1 fully saturated rings. The van der Waals surface area contributed by atoms with Gasteiger partial charge in [0, 0.05) is 12.0 Å². The van der Waals surface area contributed by atoms with E-state index in [9.17, 15) is 13.2 Å². The summed E-state index contributed by atoms with van der Waals surface area (Å²) in [6.07, 6.45) is -2.31. The first-order chi connectivity index (χ1) is 9.91. The van der Waals surface area contributed by atoms with Crippen LogP contribution in [0.5, 0.6) is 0 Å². The van der Waals surface area contributed by atoms with Crippen LogP contribution < -0.4 is 5.32 Å². The maximum Gasteiger partial charge on any atom is 0.416 e. The van der Waals surface area contributed by atoms with E-state index in [1.165, 1.54) is 12.1 Å². The number of hydrogen-bond acceptors (Lipinski definition) is 2. The van der Waals surface area contributed by atoms with Gasteiger partial charge in [0.1, 0.15) is 0 Å². The molecule has 0 amide bonds. The number of ether oxygens (including phenoxy) is 1. The lowest BCUT2D eigenvalue weighted by Gasteiger charge is -2.25. The molecule has 3 atom stereocenters. The minimum Gasteiger partial charge on any atom is -0.378 e. The summed E-state index contributed by atoms with van der Waals surface area (Å²) in [4.78, 5) is 0. The SMILES string of the molecule is CCCNC(c1cccc(C(F)(F)F)c1)C1COC(C)C1. The van der Waals surface area contributed by atoms with Gasteiger partial charge < -0.3 is 10.1 Å². The second-order valence-corrected chi connectivity index (χ2v) is 5.69. The van der Waals surface area contributed by atoms with Crippen molar-refractivity contribution in [1.82, 2.24) is 5.32 Å². The van der Waals surface area contributed by atoms with Crippen LogP contribution in [0.4, 0.5) is 13.2 Å². The molecule has 21 heavy (non-hydrogen) atoms. The summed E-state index contributed by atoms with van der Waals surface area (Å²) in [5.41, 5.74) is 0.108. The van der Waals surface area contributed by atoms with Crippen LogP contribution in [0.25, 0.3) is 0 Å². The van der Waals surface area contributed by atoms with Crippen LogP contribution in [0.15, 0.2) is 24.3 Å². The van der Waals surface area contributed by atoms with Gasteiger partial charge in [0.05, 0.1) is 18.3 Å². The van der Waals surface area contributed by atoms with Gasteiger partial charge in [0.2, 0.25) is 0 Å². The maximum atomic E-state index is 12.9. The summed E-state index contributed by atoms with van der Waals surface area (Å²) in [6, 6.07) is 5.55. The Balaban J connectivity index is 2.23. The van der Waals surface area contributed by atoms with Crippen LogP contribution in [0.1, 0.15) is 43.9 Å². The third-order valence-electron chi connectivity index (χ3n) is 3.89. The van der Waals surface area contributed by atoms with Crippen LogP contribution in [0.3, 0.4) is 0 Å². The highest BCUT2D eigenvalue weighted by atomic mass is 19.4. The molecule has 0 aromatic heterocycles. The summed E-state index contributed by atoms with van der Waals surface area (Å²) >= 11 is 0. The minimum absolute atomic E-state index is 0.0859. The molecule has 1 aliphatic heterocycles. The molecule has 3 unspecified atom stereocenters. The van der Waals surface area contributed by atoms with E-state index in [4.69, 9.17) is 4.74 Å². The summed E-state index contributed by atoms with van der Waals surface area (Å²) in [5.74, 6) is 0.218. The normalized spacial score (nSPS) is 24.2. The fourth-order valence-corrected chi connectivity index (χ4v) is 2.85. The quantitative estimate of drug-likeness (QED) is 0.881. The first-order valence-electron chi connectivity index (χ1n) is 7.44. The van der Waals surface area contributed by atoms with E-state index in [-0.39, 0.29) is 18.1 Å². The van der Waals surface area contributed by atoms with Crippen molar-refractivity contribution >= 4 is 0 Å². The standard InChI is InChI=1S/C16H22F3NO/c1-3-7-20-15(13-8-11(2)21-10-13)12-5-4-6-14(9-12)16(17,18)19/h4-6,9,11,13,15,20H,3,7-8,10H2,1-2H3. The second kappa shape index (κ2) is 6.79. The zero-order chi connectivity index (χ0) is 15.5. The highest BCUT2D eigenvalue weighted by Gasteiger charge is 2.34. The molecule has 0 radical (unpaired) electrons. The molecular weight excluding hydrogens is 279 g/mol. The van der Waals surface area contributed by atoms with Crippen molar-refractivity contribution in [2.45, 2.75) is 45.0 Å². The number of alkyl halides is 3. The molecular formula is C16H22F3NO. The Morgan fingerprint density at radius 2 is 2.14 bits per heavy atom. The number of rotatable bonds is 5. The summed E-state index contributed by atoms with van der Waals surface area (Å²) in [7, 11) is 0. The summed E-state index contributed by atoms with van der Waals surface area (Å²) in [6.45, 7) is 5.43. The van der Waals surface area contributed by atoms with Gasteiger partial charge in [-0.2, -0.15) is 13.2 Å². The smallest absolute Gasteiger partial charge is 0.378 e. The molecule has 5 heteroatoms. The van der Waals surface area contributed by atoms with E-state index >= 15 is 0 Å². The zero-order valence-electron chi connectivity index (χ0n) is 12.4. The Bertz CT molecular complexity index is 461. The van der Waals surface area contributed by atoms with Crippen molar-refractivity contribution in [3.05, 3.63) is 35.4 Å². The van der Waals surface area contributed by atoms with Crippen LogP contribution in [-0.4, -0.2) is 19.3 Å². The molecule has 1 saturated heterocycles. The zero-order valence-corrected chi connectivity index (χ0v) is 12.4. The lowest BCUT2D eigenvalue weighted by Crippen LogP contribution is -2.29. The molecule has 0 aliphatic carbocycles. The van der Waals surface area contributed by atoms with Crippen molar-refractivity contribution in [2.24, 2.45) is 5.92 Å². The molecule has 2 rings (SSSR count). The first kappa shape index (κ1) is 16.3. The van der Waals surface area contributed by atoms with Gasteiger partial charge in [-0.25, -0.2) is 0 Å². The van der Waals surface area contributed by atoms with Crippen LogP contribution in [-0.2, 0) is 10.9 Å². The predicted molar refractivity (Wildman–Crippen MR) is 76.0 cm³/mol. The van der Waals surface area contributed by atoms with Crippen molar-refractivity contribution in [3.8, 4) is 0 Å². The average Bonchev–Trinajstić information content (AvgIpc) is 2.85. The second-order valence-electron chi connectivity index (χ2n) is 5.69. The lowest BCUT2D eigenvalue weighted by molar-refractivity contribution is -0.137. The maximum absolute atomic E-state index is 12.9. The molecule has 0 bridgehead atoms. The van der Waals surface area contributed by atoms with Crippen molar-refractivity contribution in [2.75, 3.05) is 13.2 Å². The van der Waals surface area contributed by atoms with Gasteiger partial charge in [-0.1, -0.05) is 19.1 Å². The Morgan fingerprint density at radius 3 is 2.71 bits per heavy atom. The van der Waals surface area contributed by atoms with Crippen molar-refractivity contribution < 1.29 is 17.9 Å². The molecule has 1 heterocycles. The van der Waals surface area contributed by atoms with Crippen molar-refractivity contribution in [1.29, 1.82) is 0 Å². The summed E-state index contributed by atoms with van der Waals surface area (Å²) < 4.78 is 44.2. The Morgan fingerprint density at radius 1 is 1.38 bits per heavy atom. The van der Waals surface area contributed by atoms with E-state index in [0.29, 0.717) is 12.2 Å². The topological polar surface area (TPSA) is 21.3 Å². The molecule has 1 aliphatic rings. The van der Waals surface area contributed by atoms with Gasteiger partial charge >= 0.3 is 6.18 Å². The Hall–Kier alpha value is -1.07. The third-order valence-corrected chi connectivity index (χ3v) is 3.89. The van der Waals surface area contributed by atoms with E-state index < -0.39 is 11.7 Å². The van der Waals surface area contributed by atoms with E-state index in [0.717, 1.165) is 25.5 Å². The number of nitrogens with one attached hydrogen (secondary N) is 1. The van der Waals surface area contributed by atoms with Crippen LogP contribution in [0.2, 0.25) is 0 Å². The number of benzene rings is 1. The predicted octanol–water partition coefficient (Wildman–Crippen LogP) is 4.17. The average molecular weight is 301 g/mol. The Labute approximate surface area is 123 Å². The molecule has 0 spiro atoms. The fourth-order valence-electron chi connectivity index (χ4n) is 2.85. The lowest BCUT2D eigenvalue weighted by atomic mass is 9.90. The molecule has 2 nitrogen and oxygen atoms in total.